The van der Waals surface area contributed by atoms with Gasteiger partial charge in [-0.25, -0.2) is 4.79 Å². The summed E-state index contributed by atoms with van der Waals surface area (Å²) in [5, 5.41) is 0. The zero-order chi connectivity index (χ0) is 22.1. The summed E-state index contributed by atoms with van der Waals surface area (Å²) < 4.78 is 5.24. The van der Waals surface area contributed by atoms with E-state index in [2.05, 4.69) is 74.3 Å². The van der Waals surface area contributed by atoms with Gasteiger partial charge in [-0.05, 0) is 53.3 Å². The monoisotopic (exact) mass is 411 g/mol. The summed E-state index contributed by atoms with van der Waals surface area (Å²) in [6.07, 6.45) is 6.14. The van der Waals surface area contributed by atoms with E-state index < -0.39 is 0 Å². The summed E-state index contributed by atoms with van der Waals surface area (Å²) in [5.74, 6) is 0.0856. The minimum Gasteiger partial charge on any atom is -0.462 e. The first kappa shape index (κ1) is 22.2. The number of hydrogen-bond donors (Lipinski definition) is 0. The van der Waals surface area contributed by atoms with Crippen molar-refractivity contribution in [1.82, 2.24) is 0 Å². The molecular formula is C28H29NO2. The molecule has 0 aromatic heterocycles. The molecule has 0 aliphatic carbocycles. The summed E-state index contributed by atoms with van der Waals surface area (Å²) in [5.41, 5.74) is 6.44. The van der Waals surface area contributed by atoms with E-state index in [0.717, 1.165) is 34.4 Å². The smallest absolute Gasteiger partial charge is 0.330 e. The summed E-state index contributed by atoms with van der Waals surface area (Å²) in [7, 11) is 0. The molecule has 0 spiro atoms. The molecule has 0 radical (unpaired) electrons. The van der Waals surface area contributed by atoms with E-state index in [4.69, 9.17) is 4.74 Å². The summed E-state index contributed by atoms with van der Waals surface area (Å²) >= 11 is 0. The van der Waals surface area contributed by atoms with Gasteiger partial charge < -0.3 is 4.74 Å². The van der Waals surface area contributed by atoms with Crippen molar-refractivity contribution in [2.24, 2.45) is 10.9 Å². The summed E-state index contributed by atoms with van der Waals surface area (Å²) in [6, 6.07) is 24.6. The van der Waals surface area contributed by atoms with Gasteiger partial charge in [0.25, 0.3) is 0 Å². The zero-order valence-corrected chi connectivity index (χ0v) is 18.4. The molecule has 0 N–H and O–H groups in total. The highest BCUT2D eigenvalue weighted by Gasteiger charge is 2.03. The van der Waals surface area contributed by atoms with Gasteiger partial charge in [-0.1, -0.05) is 86.5 Å². The maximum atomic E-state index is 11.8. The van der Waals surface area contributed by atoms with Crippen LogP contribution in [-0.4, -0.2) is 18.8 Å². The van der Waals surface area contributed by atoms with E-state index in [-0.39, 0.29) is 5.97 Å². The summed E-state index contributed by atoms with van der Waals surface area (Å²) in [6.45, 7) is 6.69. The lowest BCUT2D eigenvalue weighted by Crippen LogP contribution is -2.08. The minimum atomic E-state index is -0.300. The molecule has 0 amide bonds. The number of aryl methyl sites for hydroxylation is 1. The van der Waals surface area contributed by atoms with Crippen LogP contribution in [0.3, 0.4) is 0 Å². The predicted molar refractivity (Wildman–Crippen MR) is 130 cm³/mol. The number of ether oxygens (including phenoxy) is 1. The molecule has 3 rings (SSSR count). The third kappa shape index (κ3) is 7.07. The Labute approximate surface area is 185 Å². The van der Waals surface area contributed by atoms with Crippen LogP contribution in [0.5, 0.6) is 0 Å². The highest BCUT2D eigenvalue weighted by molar-refractivity contribution is 5.87. The third-order valence-electron chi connectivity index (χ3n) is 5.17. The number of rotatable bonds is 8. The second-order valence-electron chi connectivity index (χ2n) is 7.81. The molecule has 0 saturated heterocycles. The maximum absolute atomic E-state index is 11.8. The van der Waals surface area contributed by atoms with Crippen LogP contribution < -0.4 is 0 Å². The molecule has 158 valence electrons. The number of aliphatic imine (C=N–C) groups is 1. The first-order valence-electron chi connectivity index (χ1n) is 10.7. The number of benzene rings is 3. The van der Waals surface area contributed by atoms with Gasteiger partial charge in [0, 0.05) is 12.3 Å². The van der Waals surface area contributed by atoms with Crippen LogP contribution in [0.2, 0.25) is 0 Å². The molecule has 0 aliphatic rings. The summed E-state index contributed by atoms with van der Waals surface area (Å²) in [4.78, 5) is 16.3. The van der Waals surface area contributed by atoms with Crippen molar-refractivity contribution in [3.8, 4) is 11.1 Å². The number of nitrogens with zero attached hydrogens (tertiary/aromatic N) is 1. The SMILES string of the molecule is CCC(C)COC(=O)C=Cc1ccc(-c2ccc(N=Cc3ccc(C)cc3)cc2)cc1. The van der Waals surface area contributed by atoms with Gasteiger partial charge in [-0.15, -0.1) is 0 Å². The Kier molecular flexibility index (Phi) is 7.94. The van der Waals surface area contributed by atoms with Crippen LogP contribution in [0.15, 0.2) is 83.9 Å². The highest BCUT2D eigenvalue weighted by atomic mass is 16.5. The molecule has 3 aromatic rings. The van der Waals surface area contributed by atoms with Crippen molar-refractivity contribution in [2.75, 3.05) is 6.61 Å². The van der Waals surface area contributed by atoms with Gasteiger partial charge in [-0.3, -0.25) is 4.99 Å². The van der Waals surface area contributed by atoms with Gasteiger partial charge in [0.05, 0.1) is 12.3 Å². The van der Waals surface area contributed by atoms with Crippen LogP contribution >= 0.6 is 0 Å². The average molecular weight is 412 g/mol. The molecule has 0 heterocycles. The lowest BCUT2D eigenvalue weighted by atomic mass is 10.0. The number of carbonyl (C=O) groups excluding carboxylic acids is 1. The van der Waals surface area contributed by atoms with Crippen molar-refractivity contribution < 1.29 is 9.53 Å². The molecule has 0 aliphatic heterocycles. The van der Waals surface area contributed by atoms with E-state index >= 15 is 0 Å². The standard InChI is InChI=1S/C28H29NO2/c1-4-21(2)20-31-28(30)18-11-23-9-12-25(13-10-23)26-14-16-27(17-15-26)29-19-24-7-5-22(3)6-8-24/h5-19,21H,4,20H2,1-3H3. The molecule has 3 nitrogen and oxygen atoms in total. The van der Waals surface area contributed by atoms with Gasteiger partial charge in [0.2, 0.25) is 0 Å². The molecule has 31 heavy (non-hydrogen) atoms. The van der Waals surface area contributed by atoms with Crippen LogP contribution in [0.4, 0.5) is 5.69 Å². The Bertz CT molecular complexity index is 1030. The Balaban J connectivity index is 1.58. The largest absolute Gasteiger partial charge is 0.462 e. The van der Waals surface area contributed by atoms with E-state index in [0.29, 0.717) is 12.5 Å². The first-order chi connectivity index (χ1) is 15.0. The highest BCUT2D eigenvalue weighted by Crippen LogP contribution is 2.23. The van der Waals surface area contributed by atoms with Crippen molar-refractivity contribution in [3.05, 3.63) is 95.6 Å². The van der Waals surface area contributed by atoms with Gasteiger partial charge in [0.15, 0.2) is 0 Å². The fraction of sp³-hybridized carbons (Fsp3) is 0.214. The van der Waals surface area contributed by atoms with Crippen molar-refractivity contribution in [2.45, 2.75) is 27.2 Å². The van der Waals surface area contributed by atoms with Gasteiger partial charge in [-0.2, -0.15) is 0 Å². The van der Waals surface area contributed by atoms with E-state index in [1.807, 2.05) is 30.5 Å². The molecule has 1 unspecified atom stereocenters. The van der Waals surface area contributed by atoms with Crippen molar-refractivity contribution in [1.29, 1.82) is 0 Å². The molecular weight excluding hydrogens is 382 g/mol. The number of hydrogen-bond acceptors (Lipinski definition) is 3. The minimum absolute atomic E-state index is 0.300. The van der Waals surface area contributed by atoms with Crippen LogP contribution in [0.1, 0.15) is 37.0 Å². The Morgan fingerprint density at radius 3 is 2.10 bits per heavy atom. The lowest BCUT2D eigenvalue weighted by Gasteiger charge is -2.07. The normalized spacial score (nSPS) is 12.4. The van der Waals surface area contributed by atoms with E-state index in [9.17, 15) is 4.79 Å². The molecule has 3 heteroatoms. The van der Waals surface area contributed by atoms with E-state index in [1.165, 1.54) is 11.6 Å². The molecule has 1 atom stereocenters. The zero-order valence-electron chi connectivity index (χ0n) is 18.4. The second kappa shape index (κ2) is 11.1. The molecule has 0 saturated carbocycles. The second-order valence-corrected chi connectivity index (χ2v) is 7.81. The first-order valence-corrected chi connectivity index (χ1v) is 10.7. The van der Waals surface area contributed by atoms with Gasteiger partial charge >= 0.3 is 5.97 Å². The van der Waals surface area contributed by atoms with Crippen LogP contribution in [0, 0.1) is 12.8 Å². The topological polar surface area (TPSA) is 38.7 Å². The molecule has 0 fully saturated rings. The van der Waals surface area contributed by atoms with Crippen molar-refractivity contribution in [3.63, 3.8) is 0 Å². The molecule has 0 bridgehead atoms. The Hall–Kier alpha value is -3.46. The lowest BCUT2D eigenvalue weighted by molar-refractivity contribution is -0.138. The van der Waals surface area contributed by atoms with E-state index in [1.54, 1.807) is 6.08 Å². The number of esters is 1. The molecule has 3 aromatic carbocycles. The Morgan fingerprint density at radius 1 is 0.903 bits per heavy atom. The van der Waals surface area contributed by atoms with Crippen molar-refractivity contribution >= 4 is 23.9 Å². The van der Waals surface area contributed by atoms with Crippen LogP contribution in [0.25, 0.3) is 17.2 Å². The maximum Gasteiger partial charge on any atom is 0.330 e. The number of carbonyl (C=O) groups is 1. The Morgan fingerprint density at radius 2 is 1.48 bits per heavy atom. The third-order valence-corrected chi connectivity index (χ3v) is 5.17. The van der Waals surface area contributed by atoms with Crippen LogP contribution in [-0.2, 0) is 9.53 Å². The average Bonchev–Trinajstić information content (AvgIpc) is 2.81. The fourth-order valence-corrected chi connectivity index (χ4v) is 2.88. The predicted octanol–water partition coefficient (Wildman–Crippen LogP) is 7.02. The van der Waals surface area contributed by atoms with Gasteiger partial charge in [0.1, 0.15) is 0 Å². The quantitative estimate of drug-likeness (QED) is 0.227. The fourth-order valence-electron chi connectivity index (χ4n) is 2.88.